The molecule has 2 heterocycles. The normalized spacial score (nSPS) is 18.4. The summed E-state index contributed by atoms with van der Waals surface area (Å²) in [6.45, 7) is 19.9. The summed E-state index contributed by atoms with van der Waals surface area (Å²) in [6, 6.07) is 12.3. The molecule has 63 heavy (non-hydrogen) atoms. The Morgan fingerprint density at radius 1 is 0.540 bits per heavy atom. The number of carbonyl (C=O) groups excluding carboxylic acids is 4. The first kappa shape index (κ1) is 49.8. The molecule has 6 rings (SSSR count). The highest BCUT2D eigenvalue weighted by Gasteiger charge is 2.51. The van der Waals surface area contributed by atoms with Gasteiger partial charge in [-0.05, 0) is 90.9 Å². The second-order valence-corrected chi connectivity index (χ2v) is 20.0. The van der Waals surface area contributed by atoms with Gasteiger partial charge in [-0.25, -0.2) is 9.59 Å². The standard InChI is InChI=1S/C26H41N3O3.C25H39N3O3/c1-19(2)21-11-10-12-22(20(3)4)24(21)27-23(31)17-28-18-26(13-6-5-7-14-26)29(25(28)32)15-8-9-16-30;1-18(2)20-10-8-11-21(19(3)4)23(20)26-22(30)16-27-17-25(12-6-5-7-13-25)28(24(27)31)14-9-15-29/h10-12,19-20,30H,5-9,13-18H2,1-4H3,(H,27,31);8,10-11,18-19,29H,5-7,9,12-17H2,1-4H3,(H,26,30). The van der Waals surface area contributed by atoms with Crippen molar-refractivity contribution >= 4 is 35.3 Å². The number of hydrogen-bond donors (Lipinski definition) is 4. The van der Waals surface area contributed by atoms with E-state index in [1.165, 1.54) is 12.8 Å². The van der Waals surface area contributed by atoms with E-state index in [1.54, 1.807) is 9.80 Å². The van der Waals surface area contributed by atoms with Crippen molar-refractivity contribution in [2.24, 2.45) is 0 Å². The third-order valence-corrected chi connectivity index (χ3v) is 14.0. The minimum absolute atomic E-state index is 0.0267. The number of aliphatic hydroxyl groups excluding tert-OH is 2. The molecule has 4 N–H and O–H groups in total. The minimum Gasteiger partial charge on any atom is -0.396 e. The van der Waals surface area contributed by atoms with Crippen LogP contribution in [0.15, 0.2) is 36.4 Å². The zero-order valence-corrected chi connectivity index (χ0v) is 39.9. The molecule has 2 spiro atoms. The second kappa shape index (κ2) is 22.6. The van der Waals surface area contributed by atoms with Gasteiger partial charge in [-0.3, -0.25) is 9.59 Å². The maximum absolute atomic E-state index is 13.3. The zero-order chi connectivity index (χ0) is 45.9. The van der Waals surface area contributed by atoms with E-state index in [4.69, 9.17) is 0 Å². The van der Waals surface area contributed by atoms with Gasteiger partial charge in [0.05, 0.1) is 11.1 Å². The summed E-state index contributed by atoms with van der Waals surface area (Å²) in [6.07, 6.45) is 12.9. The predicted molar refractivity (Wildman–Crippen MR) is 254 cm³/mol. The van der Waals surface area contributed by atoms with Crippen molar-refractivity contribution in [3.05, 3.63) is 58.7 Å². The van der Waals surface area contributed by atoms with Crippen LogP contribution in [0.3, 0.4) is 0 Å². The van der Waals surface area contributed by atoms with Crippen LogP contribution in [-0.4, -0.2) is 117 Å². The lowest BCUT2D eigenvalue weighted by molar-refractivity contribution is -0.117. The van der Waals surface area contributed by atoms with Gasteiger partial charge < -0.3 is 40.4 Å². The number of benzene rings is 2. The van der Waals surface area contributed by atoms with Crippen LogP contribution in [0.25, 0.3) is 0 Å². The van der Waals surface area contributed by atoms with E-state index in [-0.39, 0.29) is 61.3 Å². The van der Waals surface area contributed by atoms with Gasteiger partial charge in [-0.1, -0.05) is 130 Å². The van der Waals surface area contributed by atoms with Gasteiger partial charge in [0.15, 0.2) is 0 Å². The van der Waals surface area contributed by atoms with E-state index in [1.807, 2.05) is 9.80 Å². The largest absolute Gasteiger partial charge is 0.396 e. The molecule has 4 fully saturated rings. The molecule has 2 saturated carbocycles. The zero-order valence-electron chi connectivity index (χ0n) is 39.9. The molecule has 2 aliphatic heterocycles. The van der Waals surface area contributed by atoms with Gasteiger partial charge in [-0.2, -0.15) is 0 Å². The molecule has 2 aromatic carbocycles. The maximum Gasteiger partial charge on any atom is 0.321 e. The molecule has 0 atom stereocenters. The average Bonchev–Trinajstić information content (AvgIpc) is 3.63. The van der Waals surface area contributed by atoms with Gasteiger partial charge in [0.1, 0.15) is 13.1 Å². The molecule has 12 heteroatoms. The summed E-state index contributed by atoms with van der Waals surface area (Å²) >= 11 is 0. The molecule has 0 unspecified atom stereocenters. The molecule has 2 aromatic rings. The Morgan fingerprint density at radius 3 is 1.19 bits per heavy atom. The first-order valence-electron chi connectivity index (χ1n) is 24.3. The Labute approximate surface area is 378 Å². The number of para-hydroxylation sites is 2. The lowest BCUT2D eigenvalue weighted by atomic mass is 9.81. The van der Waals surface area contributed by atoms with Crippen LogP contribution in [0.2, 0.25) is 0 Å². The fourth-order valence-corrected chi connectivity index (χ4v) is 10.7. The average molecular weight is 873 g/mol. The Morgan fingerprint density at radius 2 is 0.873 bits per heavy atom. The number of rotatable bonds is 17. The summed E-state index contributed by atoms with van der Waals surface area (Å²) in [7, 11) is 0. The van der Waals surface area contributed by atoms with Crippen LogP contribution in [0.4, 0.5) is 21.0 Å². The van der Waals surface area contributed by atoms with Gasteiger partial charge >= 0.3 is 12.1 Å². The molecule has 350 valence electrons. The number of amides is 6. The van der Waals surface area contributed by atoms with E-state index in [0.717, 1.165) is 91.4 Å². The topological polar surface area (TPSA) is 146 Å². The van der Waals surface area contributed by atoms with Crippen molar-refractivity contribution < 1.29 is 29.4 Å². The number of hydrogen-bond acceptors (Lipinski definition) is 6. The highest BCUT2D eigenvalue weighted by molar-refractivity contribution is 5.97. The summed E-state index contributed by atoms with van der Waals surface area (Å²) in [5.74, 6) is 0.911. The molecule has 2 saturated heterocycles. The Bertz CT molecular complexity index is 1800. The molecular weight excluding hydrogens is 793 g/mol. The van der Waals surface area contributed by atoms with Gasteiger partial charge in [-0.15, -0.1) is 0 Å². The van der Waals surface area contributed by atoms with Crippen molar-refractivity contribution in [2.45, 2.75) is 174 Å². The molecule has 4 aliphatic rings. The number of anilines is 2. The second-order valence-electron chi connectivity index (χ2n) is 20.0. The van der Waals surface area contributed by atoms with E-state index in [2.05, 4.69) is 102 Å². The van der Waals surface area contributed by atoms with E-state index >= 15 is 0 Å². The third kappa shape index (κ3) is 12.0. The smallest absolute Gasteiger partial charge is 0.321 e. The van der Waals surface area contributed by atoms with Crippen molar-refractivity contribution in [3.8, 4) is 0 Å². The molecule has 0 aromatic heterocycles. The summed E-state index contributed by atoms with van der Waals surface area (Å²) in [4.78, 5) is 60.2. The Balaban J connectivity index is 0.000000238. The monoisotopic (exact) mass is 873 g/mol. The van der Waals surface area contributed by atoms with Crippen LogP contribution in [-0.2, 0) is 9.59 Å². The number of unbranched alkanes of at least 4 members (excludes halogenated alkanes) is 1. The van der Waals surface area contributed by atoms with Crippen LogP contribution in [0.1, 0.15) is 185 Å². The van der Waals surface area contributed by atoms with Crippen LogP contribution in [0, 0.1) is 0 Å². The first-order valence-corrected chi connectivity index (χ1v) is 24.3. The van der Waals surface area contributed by atoms with E-state index in [9.17, 15) is 29.4 Å². The van der Waals surface area contributed by atoms with Crippen LogP contribution < -0.4 is 10.6 Å². The molecule has 12 nitrogen and oxygen atoms in total. The highest BCUT2D eigenvalue weighted by atomic mass is 16.3. The molecule has 6 amide bonds. The number of nitrogens with one attached hydrogen (secondary N) is 2. The van der Waals surface area contributed by atoms with Crippen molar-refractivity contribution in [2.75, 3.05) is 63.1 Å². The Kier molecular flexibility index (Phi) is 17.9. The fourth-order valence-electron chi connectivity index (χ4n) is 10.7. The number of urea groups is 2. The molecule has 0 radical (unpaired) electrons. The van der Waals surface area contributed by atoms with Crippen molar-refractivity contribution in [3.63, 3.8) is 0 Å². The van der Waals surface area contributed by atoms with E-state index < -0.39 is 0 Å². The summed E-state index contributed by atoms with van der Waals surface area (Å²) in [5, 5.41) is 24.8. The summed E-state index contributed by atoms with van der Waals surface area (Å²) in [5.41, 5.74) is 5.99. The van der Waals surface area contributed by atoms with E-state index in [0.29, 0.717) is 62.7 Å². The lowest BCUT2D eigenvalue weighted by Gasteiger charge is -2.40. The number of aliphatic hydroxyl groups is 2. The highest BCUT2D eigenvalue weighted by Crippen LogP contribution is 2.41. The van der Waals surface area contributed by atoms with Gasteiger partial charge in [0, 0.05) is 50.8 Å². The van der Waals surface area contributed by atoms with Gasteiger partial charge in [0.25, 0.3) is 0 Å². The molecule has 2 aliphatic carbocycles. The van der Waals surface area contributed by atoms with Crippen LogP contribution in [0.5, 0.6) is 0 Å². The third-order valence-electron chi connectivity index (χ3n) is 14.0. The van der Waals surface area contributed by atoms with Crippen molar-refractivity contribution in [1.82, 2.24) is 19.6 Å². The molecular formula is C51H80N6O6. The quantitative estimate of drug-likeness (QED) is 0.117. The molecule has 0 bridgehead atoms. The Hall–Kier alpha value is -4.16. The number of nitrogens with zero attached hydrogens (tertiary/aromatic N) is 4. The van der Waals surface area contributed by atoms with Crippen molar-refractivity contribution in [1.29, 1.82) is 0 Å². The van der Waals surface area contributed by atoms with Crippen LogP contribution >= 0.6 is 0 Å². The SMILES string of the molecule is CC(C)c1cccc(C(C)C)c1NC(=O)CN1CC2(CCCCC2)N(CCCCO)C1=O.CC(C)c1cccc(C(C)C)c1NC(=O)CN1CC2(CCCCC2)N(CCCO)C1=O. The number of carbonyl (C=O) groups is 4. The first-order chi connectivity index (χ1) is 30.1. The predicted octanol–water partition coefficient (Wildman–Crippen LogP) is 9.78. The fraction of sp³-hybridized carbons (Fsp3) is 0.686. The summed E-state index contributed by atoms with van der Waals surface area (Å²) < 4.78 is 0. The van der Waals surface area contributed by atoms with Gasteiger partial charge in [0.2, 0.25) is 11.8 Å². The lowest BCUT2D eigenvalue weighted by Crippen LogP contribution is -2.49. The minimum atomic E-state index is -0.177. The maximum atomic E-state index is 13.3.